The lowest BCUT2D eigenvalue weighted by Gasteiger charge is -2.04. The second kappa shape index (κ2) is 5.23. The monoisotopic (exact) mass is 259 g/mol. The zero-order chi connectivity index (χ0) is 13.1. The molecule has 0 heterocycles. The first-order valence-corrected chi connectivity index (χ1v) is 6.04. The van der Waals surface area contributed by atoms with E-state index in [2.05, 4.69) is 4.99 Å². The maximum atomic E-state index is 9.94. The average molecular weight is 260 g/mol. The Kier molecular flexibility index (Phi) is 3.68. The van der Waals surface area contributed by atoms with Crippen LogP contribution in [0.4, 0.5) is 5.69 Å². The standard InChI is InChI=1S/C15H14ClNO/c1-10-6-11(2)15(18)12(7-10)9-17-14-5-3-4-13(16)8-14/h3-9,18H,1-2H3. The van der Waals surface area contributed by atoms with Gasteiger partial charge in [0.15, 0.2) is 0 Å². The summed E-state index contributed by atoms with van der Waals surface area (Å²) < 4.78 is 0. The summed E-state index contributed by atoms with van der Waals surface area (Å²) in [6.45, 7) is 3.86. The van der Waals surface area contributed by atoms with Gasteiger partial charge >= 0.3 is 0 Å². The first kappa shape index (κ1) is 12.7. The molecule has 0 atom stereocenters. The molecule has 2 aromatic carbocycles. The molecule has 0 aliphatic carbocycles. The first-order chi connectivity index (χ1) is 8.56. The zero-order valence-corrected chi connectivity index (χ0v) is 11.1. The molecule has 0 unspecified atom stereocenters. The number of aryl methyl sites for hydroxylation is 2. The molecule has 0 spiro atoms. The highest BCUT2D eigenvalue weighted by atomic mass is 35.5. The van der Waals surface area contributed by atoms with Gasteiger partial charge in [-0.3, -0.25) is 4.99 Å². The number of aromatic hydroxyl groups is 1. The second-order valence-corrected chi connectivity index (χ2v) is 4.69. The van der Waals surface area contributed by atoms with Crippen molar-refractivity contribution in [1.29, 1.82) is 0 Å². The van der Waals surface area contributed by atoms with Gasteiger partial charge in [0.25, 0.3) is 0 Å². The van der Waals surface area contributed by atoms with E-state index in [0.717, 1.165) is 16.8 Å². The second-order valence-electron chi connectivity index (χ2n) is 4.26. The SMILES string of the molecule is Cc1cc(C)c(O)c(C=Nc2cccc(Cl)c2)c1. The summed E-state index contributed by atoms with van der Waals surface area (Å²) in [5.41, 5.74) is 3.42. The lowest BCUT2D eigenvalue weighted by molar-refractivity contribution is 0.470. The normalized spacial score (nSPS) is 11.1. The molecule has 0 fully saturated rings. The van der Waals surface area contributed by atoms with Gasteiger partial charge in [-0.2, -0.15) is 0 Å². The maximum absolute atomic E-state index is 9.94. The summed E-state index contributed by atoms with van der Waals surface area (Å²) >= 11 is 5.89. The molecular weight excluding hydrogens is 246 g/mol. The highest BCUT2D eigenvalue weighted by Crippen LogP contribution is 2.23. The van der Waals surface area contributed by atoms with Crippen LogP contribution in [0, 0.1) is 13.8 Å². The van der Waals surface area contributed by atoms with Crippen molar-refractivity contribution >= 4 is 23.5 Å². The number of rotatable bonds is 2. The lowest BCUT2D eigenvalue weighted by Crippen LogP contribution is -1.87. The molecule has 0 aliphatic heterocycles. The topological polar surface area (TPSA) is 32.6 Å². The summed E-state index contributed by atoms with van der Waals surface area (Å²) in [5.74, 6) is 0.270. The molecule has 0 bridgehead atoms. The molecule has 0 aromatic heterocycles. The minimum atomic E-state index is 0.270. The van der Waals surface area contributed by atoms with Crippen molar-refractivity contribution in [1.82, 2.24) is 0 Å². The van der Waals surface area contributed by atoms with Crippen LogP contribution in [0.25, 0.3) is 0 Å². The van der Waals surface area contributed by atoms with E-state index in [9.17, 15) is 5.11 Å². The van der Waals surface area contributed by atoms with E-state index in [4.69, 9.17) is 11.6 Å². The fourth-order valence-corrected chi connectivity index (χ4v) is 1.98. The zero-order valence-electron chi connectivity index (χ0n) is 10.3. The van der Waals surface area contributed by atoms with Crippen molar-refractivity contribution in [3.63, 3.8) is 0 Å². The van der Waals surface area contributed by atoms with Crippen LogP contribution in [0.1, 0.15) is 16.7 Å². The van der Waals surface area contributed by atoms with Crippen LogP contribution in [-0.2, 0) is 0 Å². The highest BCUT2D eigenvalue weighted by molar-refractivity contribution is 6.30. The molecule has 0 saturated carbocycles. The van der Waals surface area contributed by atoms with Gasteiger partial charge in [-0.15, -0.1) is 0 Å². The molecule has 2 aromatic rings. The molecule has 2 nitrogen and oxygen atoms in total. The average Bonchev–Trinajstić information content (AvgIpc) is 2.32. The summed E-state index contributed by atoms with van der Waals surface area (Å²) in [6, 6.07) is 11.1. The Balaban J connectivity index is 2.34. The van der Waals surface area contributed by atoms with Gasteiger partial charge in [0.05, 0.1) is 5.69 Å². The van der Waals surface area contributed by atoms with E-state index in [0.29, 0.717) is 10.6 Å². The third-order valence-electron chi connectivity index (χ3n) is 2.64. The van der Waals surface area contributed by atoms with Crippen LogP contribution in [-0.4, -0.2) is 11.3 Å². The predicted octanol–water partition coefficient (Wildman–Crippen LogP) is 4.41. The molecule has 1 N–H and O–H groups in total. The number of nitrogens with zero attached hydrogens (tertiary/aromatic N) is 1. The highest BCUT2D eigenvalue weighted by Gasteiger charge is 2.03. The Bertz CT molecular complexity index is 605. The van der Waals surface area contributed by atoms with Crippen LogP contribution in [0.15, 0.2) is 41.4 Å². The van der Waals surface area contributed by atoms with E-state index < -0.39 is 0 Å². The van der Waals surface area contributed by atoms with E-state index in [1.165, 1.54) is 0 Å². The van der Waals surface area contributed by atoms with Crippen LogP contribution in [0.3, 0.4) is 0 Å². The number of hydrogen-bond acceptors (Lipinski definition) is 2. The van der Waals surface area contributed by atoms with Crippen LogP contribution in [0.5, 0.6) is 5.75 Å². The van der Waals surface area contributed by atoms with Crippen LogP contribution in [0.2, 0.25) is 5.02 Å². The number of benzene rings is 2. The minimum absolute atomic E-state index is 0.270. The lowest BCUT2D eigenvalue weighted by atomic mass is 10.1. The smallest absolute Gasteiger partial charge is 0.127 e. The summed E-state index contributed by atoms with van der Waals surface area (Å²) in [5, 5.41) is 10.6. The minimum Gasteiger partial charge on any atom is -0.507 e. The Morgan fingerprint density at radius 1 is 1.17 bits per heavy atom. The summed E-state index contributed by atoms with van der Waals surface area (Å²) in [6.07, 6.45) is 1.65. The Hall–Kier alpha value is -1.80. The van der Waals surface area contributed by atoms with Crippen molar-refractivity contribution in [2.24, 2.45) is 4.99 Å². The van der Waals surface area contributed by atoms with Crippen molar-refractivity contribution in [3.8, 4) is 5.75 Å². The van der Waals surface area contributed by atoms with Crippen molar-refractivity contribution in [3.05, 3.63) is 58.1 Å². The molecular formula is C15H14ClNO. The van der Waals surface area contributed by atoms with Gasteiger partial charge in [-0.25, -0.2) is 0 Å². The largest absolute Gasteiger partial charge is 0.507 e. The first-order valence-electron chi connectivity index (χ1n) is 5.66. The van der Waals surface area contributed by atoms with Crippen molar-refractivity contribution in [2.45, 2.75) is 13.8 Å². The molecule has 0 saturated heterocycles. The number of halogens is 1. The quantitative estimate of drug-likeness (QED) is 0.796. The molecule has 92 valence electrons. The number of phenolic OH excluding ortho intramolecular Hbond substituents is 1. The molecule has 0 radical (unpaired) electrons. The molecule has 0 aliphatic rings. The summed E-state index contributed by atoms with van der Waals surface area (Å²) in [7, 11) is 0. The van der Waals surface area contributed by atoms with E-state index >= 15 is 0 Å². The third-order valence-corrected chi connectivity index (χ3v) is 2.87. The fraction of sp³-hybridized carbons (Fsp3) is 0.133. The van der Waals surface area contributed by atoms with E-state index in [1.807, 2.05) is 38.1 Å². The van der Waals surface area contributed by atoms with Gasteiger partial charge in [0.2, 0.25) is 0 Å². The maximum Gasteiger partial charge on any atom is 0.127 e. The van der Waals surface area contributed by atoms with Crippen molar-refractivity contribution < 1.29 is 5.11 Å². The van der Waals surface area contributed by atoms with Crippen LogP contribution < -0.4 is 0 Å². The number of aliphatic imine (C=N–C) groups is 1. The van der Waals surface area contributed by atoms with Gasteiger partial charge in [0, 0.05) is 16.8 Å². The van der Waals surface area contributed by atoms with Crippen molar-refractivity contribution in [2.75, 3.05) is 0 Å². The molecule has 18 heavy (non-hydrogen) atoms. The van der Waals surface area contributed by atoms with Gasteiger partial charge in [-0.05, 0) is 49.2 Å². The number of phenols is 1. The Labute approximate surface area is 112 Å². The Morgan fingerprint density at radius 2 is 1.94 bits per heavy atom. The summed E-state index contributed by atoms with van der Waals surface area (Å²) in [4.78, 5) is 4.31. The van der Waals surface area contributed by atoms with Gasteiger partial charge in [0.1, 0.15) is 5.75 Å². The van der Waals surface area contributed by atoms with Gasteiger partial charge in [-0.1, -0.05) is 23.7 Å². The Morgan fingerprint density at radius 3 is 2.67 bits per heavy atom. The molecule has 2 rings (SSSR count). The van der Waals surface area contributed by atoms with E-state index in [1.54, 1.807) is 18.3 Å². The van der Waals surface area contributed by atoms with Crippen LogP contribution >= 0.6 is 11.6 Å². The third kappa shape index (κ3) is 2.90. The van der Waals surface area contributed by atoms with E-state index in [-0.39, 0.29) is 5.75 Å². The molecule has 3 heteroatoms. The predicted molar refractivity (Wildman–Crippen MR) is 76.3 cm³/mol. The van der Waals surface area contributed by atoms with Gasteiger partial charge < -0.3 is 5.11 Å². The number of hydrogen-bond donors (Lipinski definition) is 1. The molecule has 0 amide bonds. The fourth-order valence-electron chi connectivity index (χ4n) is 1.79.